The topological polar surface area (TPSA) is 71.5 Å². The van der Waals surface area contributed by atoms with Gasteiger partial charge in [-0.2, -0.15) is 0 Å². The maximum atomic E-state index is 11.4. The average molecular weight is 264 g/mol. The molecule has 0 radical (unpaired) electrons. The third-order valence-corrected chi connectivity index (χ3v) is 3.50. The third-order valence-electron chi connectivity index (χ3n) is 3.50. The molecule has 1 aromatic rings. The first-order valence-electron chi connectivity index (χ1n) is 6.65. The number of esters is 1. The van der Waals surface area contributed by atoms with Gasteiger partial charge in [-0.05, 0) is 37.3 Å². The molecule has 2 unspecified atom stereocenters. The van der Waals surface area contributed by atoms with Crippen molar-refractivity contribution in [1.82, 2.24) is 4.98 Å². The molecule has 0 aliphatic heterocycles. The molecule has 1 aliphatic rings. The van der Waals surface area contributed by atoms with E-state index in [0.29, 0.717) is 11.6 Å². The Morgan fingerprint density at radius 2 is 2.42 bits per heavy atom. The molecule has 2 atom stereocenters. The zero-order chi connectivity index (χ0) is 13.7. The molecule has 0 spiro atoms. The molecule has 1 saturated carbocycles. The second kappa shape index (κ2) is 6.52. The van der Waals surface area contributed by atoms with Gasteiger partial charge in [-0.25, -0.2) is 9.78 Å². The summed E-state index contributed by atoms with van der Waals surface area (Å²) in [6.07, 6.45) is 5.41. The summed E-state index contributed by atoms with van der Waals surface area (Å²) in [6.45, 7) is 0.807. The van der Waals surface area contributed by atoms with Crippen molar-refractivity contribution in [2.45, 2.75) is 31.8 Å². The highest BCUT2D eigenvalue weighted by Gasteiger charge is 2.19. The molecule has 0 aromatic carbocycles. The van der Waals surface area contributed by atoms with Crippen molar-refractivity contribution in [2.24, 2.45) is 5.92 Å². The maximum absolute atomic E-state index is 11.4. The molecule has 1 aliphatic carbocycles. The Hall–Kier alpha value is -1.62. The van der Waals surface area contributed by atoms with Crippen molar-refractivity contribution in [3.8, 4) is 0 Å². The van der Waals surface area contributed by atoms with Gasteiger partial charge in [0.05, 0.1) is 13.2 Å². The van der Waals surface area contributed by atoms with Gasteiger partial charge in [0, 0.05) is 18.4 Å². The van der Waals surface area contributed by atoms with E-state index in [1.54, 1.807) is 12.3 Å². The van der Waals surface area contributed by atoms with Crippen LogP contribution in [0.15, 0.2) is 18.3 Å². The summed E-state index contributed by atoms with van der Waals surface area (Å²) >= 11 is 0. The molecule has 0 saturated heterocycles. The minimum Gasteiger partial charge on any atom is -0.464 e. The van der Waals surface area contributed by atoms with E-state index in [9.17, 15) is 9.90 Å². The fraction of sp³-hybridized carbons (Fsp3) is 0.571. The summed E-state index contributed by atoms with van der Waals surface area (Å²) in [7, 11) is 1.34. The zero-order valence-corrected chi connectivity index (χ0v) is 11.1. The summed E-state index contributed by atoms with van der Waals surface area (Å²) in [5, 5.41) is 12.9. The SMILES string of the molecule is COC(=O)c1cc(NCC2CCCC(O)C2)ccn1. The Labute approximate surface area is 113 Å². The van der Waals surface area contributed by atoms with Gasteiger partial charge in [0.25, 0.3) is 0 Å². The van der Waals surface area contributed by atoms with Crippen LogP contribution in [0.4, 0.5) is 5.69 Å². The number of aromatic nitrogens is 1. The van der Waals surface area contributed by atoms with Gasteiger partial charge in [-0.1, -0.05) is 6.42 Å². The highest BCUT2D eigenvalue weighted by Crippen LogP contribution is 2.24. The van der Waals surface area contributed by atoms with Gasteiger partial charge in [0.1, 0.15) is 5.69 Å². The molecule has 104 valence electrons. The first-order valence-corrected chi connectivity index (χ1v) is 6.65. The zero-order valence-electron chi connectivity index (χ0n) is 11.1. The van der Waals surface area contributed by atoms with Crippen LogP contribution >= 0.6 is 0 Å². The summed E-state index contributed by atoms with van der Waals surface area (Å²) in [6, 6.07) is 3.51. The lowest BCUT2D eigenvalue weighted by Crippen LogP contribution is -2.25. The Kier molecular flexibility index (Phi) is 4.74. The van der Waals surface area contributed by atoms with E-state index in [1.165, 1.54) is 7.11 Å². The number of methoxy groups -OCH3 is 1. The maximum Gasteiger partial charge on any atom is 0.356 e. The summed E-state index contributed by atoms with van der Waals surface area (Å²) in [5.74, 6) is 0.0511. The predicted molar refractivity (Wildman–Crippen MR) is 72.0 cm³/mol. The van der Waals surface area contributed by atoms with Crippen molar-refractivity contribution < 1.29 is 14.6 Å². The standard InChI is InChI=1S/C14H20N2O3/c1-19-14(18)13-8-11(5-6-15-13)16-9-10-3-2-4-12(17)7-10/h5-6,8,10,12,17H,2-4,7,9H2,1H3,(H,15,16). The molecular formula is C14H20N2O3. The number of ether oxygens (including phenoxy) is 1. The van der Waals surface area contributed by atoms with Crippen LogP contribution in [0.3, 0.4) is 0 Å². The monoisotopic (exact) mass is 264 g/mol. The van der Waals surface area contributed by atoms with E-state index < -0.39 is 5.97 Å². The quantitative estimate of drug-likeness (QED) is 0.812. The fourth-order valence-corrected chi connectivity index (χ4v) is 2.47. The number of nitrogens with zero attached hydrogens (tertiary/aromatic N) is 1. The summed E-state index contributed by atoms with van der Waals surface area (Å²) in [5.41, 5.74) is 1.16. The number of nitrogens with one attached hydrogen (secondary N) is 1. The van der Waals surface area contributed by atoms with Crippen LogP contribution in [0.1, 0.15) is 36.2 Å². The number of hydrogen-bond donors (Lipinski definition) is 2. The number of pyridine rings is 1. The van der Waals surface area contributed by atoms with Gasteiger partial charge >= 0.3 is 5.97 Å². The van der Waals surface area contributed by atoms with Crippen molar-refractivity contribution in [2.75, 3.05) is 19.0 Å². The molecule has 2 N–H and O–H groups in total. The first kappa shape index (κ1) is 13.8. The van der Waals surface area contributed by atoms with E-state index in [2.05, 4.69) is 15.0 Å². The van der Waals surface area contributed by atoms with Gasteiger partial charge < -0.3 is 15.2 Å². The molecule has 5 nitrogen and oxygen atoms in total. The Bertz CT molecular complexity index is 436. The Balaban J connectivity index is 1.90. The molecule has 1 aromatic heterocycles. The number of aliphatic hydroxyl groups is 1. The average Bonchev–Trinajstić information content (AvgIpc) is 2.45. The number of aliphatic hydroxyl groups excluding tert-OH is 1. The molecule has 1 fully saturated rings. The van der Waals surface area contributed by atoms with Crippen molar-refractivity contribution in [1.29, 1.82) is 0 Å². The number of rotatable bonds is 4. The van der Waals surface area contributed by atoms with Gasteiger partial charge in [-0.3, -0.25) is 0 Å². The second-order valence-electron chi connectivity index (χ2n) is 4.99. The van der Waals surface area contributed by atoms with Crippen LogP contribution in [0, 0.1) is 5.92 Å². The van der Waals surface area contributed by atoms with Crippen LogP contribution in [-0.4, -0.2) is 35.8 Å². The second-order valence-corrected chi connectivity index (χ2v) is 4.99. The molecule has 0 bridgehead atoms. The Morgan fingerprint density at radius 1 is 1.58 bits per heavy atom. The van der Waals surface area contributed by atoms with E-state index in [1.807, 2.05) is 6.07 Å². The van der Waals surface area contributed by atoms with Gasteiger partial charge in [-0.15, -0.1) is 0 Å². The minimum absolute atomic E-state index is 0.163. The number of anilines is 1. The molecule has 19 heavy (non-hydrogen) atoms. The van der Waals surface area contributed by atoms with Crippen LogP contribution in [0.5, 0.6) is 0 Å². The predicted octanol–water partition coefficient (Wildman–Crippen LogP) is 1.83. The lowest BCUT2D eigenvalue weighted by atomic mass is 9.87. The van der Waals surface area contributed by atoms with Crippen molar-refractivity contribution in [3.05, 3.63) is 24.0 Å². The van der Waals surface area contributed by atoms with Gasteiger partial charge in [0.2, 0.25) is 0 Å². The lowest BCUT2D eigenvalue weighted by Gasteiger charge is -2.26. The normalized spacial score (nSPS) is 22.8. The number of carbonyl (C=O) groups excluding carboxylic acids is 1. The molecular weight excluding hydrogens is 244 g/mol. The van der Waals surface area contributed by atoms with E-state index in [0.717, 1.165) is 37.9 Å². The molecule has 0 amide bonds. The molecule has 2 rings (SSSR count). The largest absolute Gasteiger partial charge is 0.464 e. The van der Waals surface area contributed by atoms with E-state index >= 15 is 0 Å². The van der Waals surface area contributed by atoms with Crippen LogP contribution in [0.2, 0.25) is 0 Å². The summed E-state index contributed by atoms with van der Waals surface area (Å²) < 4.78 is 4.64. The lowest BCUT2D eigenvalue weighted by molar-refractivity contribution is 0.0594. The van der Waals surface area contributed by atoms with Gasteiger partial charge in [0.15, 0.2) is 0 Å². The van der Waals surface area contributed by atoms with Crippen LogP contribution < -0.4 is 5.32 Å². The fourth-order valence-electron chi connectivity index (χ4n) is 2.47. The summed E-state index contributed by atoms with van der Waals surface area (Å²) in [4.78, 5) is 15.3. The van der Waals surface area contributed by atoms with E-state index in [4.69, 9.17) is 0 Å². The van der Waals surface area contributed by atoms with Crippen LogP contribution in [-0.2, 0) is 4.74 Å². The minimum atomic E-state index is -0.434. The molecule has 1 heterocycles. The third kappa shape index (κ3) is 3.92. The van der Waals surface area contributed by atoms with Crippen molar-refractivity contribution in [3.63, 3.8) is 0 Å². The Morgan fingerprint density at radius 3 is 3.16 bits per heavy atom. The van der Waals surface area contributed by atoms with Crippen molar-refractivity contribution >= 4 is 11.7 Å². The number of carbonyl (C=O) groups is 1. The van der Waals surface area contributed by atoms with E-state index in [-0.39, 0.29) is 6.10 Å². The highest BCUT2D eigenvalue weighted by molar-refractivity contribution is 5.88. The smallest absolute Gasteiger partial charge is 0.356 e. The first-order chi connectivity index (χ1) is 9.19. The highest BCUT2D eigenvalue weighted by atomic mass is 16.5. The molecule has 5 heteroatoms. The van der Waals surface area contributed by atoms with Crippen LogP contribution in [0.25, 0.3) is 0 Å². The number of hydrogen-bond acceptors (Lipinski definition) is 5.